The number of aryl methyl sites for hydroxylation is 1. The lowest BCUT2D eigenvalue weighted by atomic mass is 9.96. The normalized spacial score (nSPS) is 21.4. The maximum Gasteiger partial charge on any atom is 0.224 e. The Hall–Kier alpha value is -1.85. The number of carbonyl (C=O) groups is 2. The van der Waals surface area contributed by atoms with Crippen molar-refractivity contribution in [3.63, 3.8) is 0 Å². The van der Waals surface area contributed by atoms with Crippen LogP contribution in [0, 0.1) is 0 Å². The first-order valence-electron chi connectivity index (χ1n) is 10.8. The number of carbonyl (C=O) groups excluding carboxylic acids is 2. The third kappa shape index (κ3) is 5.33. The van der Waals surface area contributed by atoms with E-state index in [-0.39, 0.29) is 11.8 Å². The summed E-state index contributed by atoms with van der Waals surface area (Å²) < 4.78 is 2.26. The fraction of sp³-hybridized carbons (Fsp3) is 0.762. The first-order valence-corrected chi connectivity index (χ1v) is 10.8. The van der Waals surface area contributed by atoms with Gasteiger partial charge in [0.25, 0.3) is 0 Å². The number of aromatic nitrogens is 2. The Bertz CT molecular complexity index is 627. The summed E-state index contributed by atoms with van der Waals surface area (Å²) >= 11 is 0. The number of likely N-dealkylation sites (tertiary alicyclic amines) is 2. The first kappa shape index (κ1) is 19.9. The van der Waals surface area contributed by atoms with E-state index >= 15 is 0 Å². The zero-order valence-electron chi connectivity index (χ0n) is 16.7. The lowest BCUT2D eigenvalue weighted by molar-refractivity contribution is -0.135. The SMILES string of the molecule is CCCCn1ccnc1[C@H]1CCCN(C(=O)CCN2CCCCCC2=O)C1. The minimum atomic E-state index is 0.184. The van der Waals surface area contributed by atoms with Crippen LogP contribution in [0.25, 0.3) is 0 Å². The molecule has 0 radical (unpaired) electrons. The van der Waals surface area contributed by atoms with Crippen molar-refractivity contribution in [1.29, 1.82) is 0 Å². The highest BCUT2D eigenvalue weighted by Crippen LogP contribution is 2.26. The molecule has 2 aliphatic rings. The molecule has 6 nitrogen and oxygen atoms in total. The summed E-state index contributed by atoms with van der Waals surface area (Å²) in [6, 6.07) is 0. The van der Waals surface area contributed by atoms with Crippen molar-refractivity contribution in [3.8, 4) is 0 Å². The number of hydrogen-bond acceptors (Lipinski definition) is 3. The molecule has 2 aliphatic heterocycles. The second-order valence-corrected chi connectivity index (χ2v) is 7.95. The van der Waals surface area contributed by atoms with Crippen molar-refractivity contribution in [2.75, 3.05) is 26.2 Å². The molecule has 0 bridgehead atoms. The number of hydrogen-bond donors (Lipinski definition) is 0. The van der Waals surface area contributed by atoms with Crippen molar-refractivity contribution in [1.82, 2.24) is 19.4 Å². The van der Waals surface area contributed by atoms with Gasteiger partial charge in [-0.2, -0.15) is 0 Å². The van der Waals surface area contributed by atoms with E-state index in [9.17, 15) is 9.59 Å². The molecule has 2 fully saturated rings. The van der Waals surface area contributed by atoms with Crippen molar-refractivity contribution in [2.45, 2.75) is 77.2 Å². The summed E-state index contributed by atoms with van der Waals surface area (Å²) in [6.45, 7) is 6.18. The number of imidazole rings is 1. The quantitative estimate of drug-likeness (QED) is 0.736. The van der Waals surface area contributed by atoms with Crippen LogP contribution in [0.1, 0.15) is 76.5 Å². The van der Waals surface area contributed by atoms with Crippen molar-refractivity contribution in [3.05, 3.63) is 18.2 Å². The van der Waals surface area contributed by atoms with Gasteiger partial charge in [-0.25, -0.2) is 4.98 Å². The van der Waals surface area contributed by atoms with Gasteiger partial charge in [-0.15, -0.1) is 0 Å². The predicted molar refractivity (Wildman–Crippen MR) is 105 cm³/mol. The molecule has 2 saturated heterocycles. The van der Waals surface area contributed by atoms with E-state index in [2.05, 4.69) is 22.7 Å². The van der Waals surface area contributed by atoms with Gasteiger partial charge in [0.05, 0.1) is 0 Å². The van der Waals surface area contributed by atoms with Crippen LogP contribution in [0.3, 0.4) is 0 Å². The molecule has 1 aromatic heterocycles. The van der Waals surface area contributed by atoms with Gasteiger partial charge in [-0.05, 0) is 32.1 Å². The topological polar surface area (TPSA) is 58.4 Å². The van der Waals surface area contributed by atoms with Crippen LogP contribution in [0.15, 0.2) is 12.4 Å². The van der Waals surface area contributed by atoms with Gasteiger partial charge in [0.15, 0.2) is 0 Å². The molecule has 150 valence electrons. The molecule has 0 saturated carbocycles. The molecule has 1 aromatic rings. The van der Waals surface area contributed by atoms with E-state index in [4.69, 9.17) is 0 Å². The second-order valence-electron chi connectivity index (χ2n) is 7.95. The van der Waals surface area contributed by atoms with E-state index in [1.807, 2.05) is 16.0 Å². The minimum Gasteiger partial charge on any atom is -0.342 e. The van der Waals surface area contributed by atoms with E-state index < -0.39 is 0 Å². The van der Waals surface area contributed by atoms with Crippen LogP contribution >= 0.6 is 0 Å². The molecule has 1 atom stereocenters. The Morgan fingerprint density at radius 3 is 2.93 bits per heavy atom. The molecule has 0 aliphatic carbocycles. The molecule has 2 amide bonds. The van der Waals surface area contributed by atoms with Crippen LogP contribution in [-0.4, -0.2) is 57.3 Å². The van der Waals surface area contributed by atoms with Crippen molar-refractivity contribution < 1.29 is 9.59 Å². The molecule has 27 heavy (non-hydrogen) atoms. The van der Waals surface area contributed by atoms with Crippen LogP contribution in [0.4, 0.5) is 0 Å². The number of unbranched alkanes of at least 4 members (excludes halogenated alkanes) is 1. The highest BCUT2D eigenvalue weighted by Gasteiger charge is 2.28. The van der Waals surface area contributed by atoms with E-state index in [0.29, 0.717) is 25.3 Å². The first-order chi connectivity index (χ1) is 13.2. The summed E-state index contributed by atoms with van der Waals surface area (Å²) in [6.07, 6.45) is 12.7. The van der Waals surface area contributed by atoms with Gasteiger partial charge in [-0.3, -0.25) is 9.59 Å². The van der Waals surface area contributed by atoms with Crippen molar-refractivity contribution >= 4 is 11.8 Å². The second kappa shape index (κ2) is 9.90. The summed E-state index contributed by atoms with van der Waals surface area (Å²) in [5.41, 5.74) is 0. The van der Waals surface area contributed by atoms with Gasteiger partial charge >= 0.3 is 0 Å². The third-order valence-corrected chi connectivity index (χ3v) is 5.91. The molecule has 0 N–H and O–H groups in total. The Balaban J connectivity index is 1.53. The lowest BCUT2D eigenvalue weighted by Crippen LogP contribution is -2.41. The average molecular weight is 375 g/mol. The van der Waals surface area contributed by atoms with E-state index in [1.165, 1.54) is 6.42 Å². The fourth-order valence-corrected chi connectivity index (χ4v) is 4.28. The smallest absolute Gasteiger partial charge is 0.224 e. The van der Waals surface area contributed by atoms with Gasteiger partial charge in [0, 0.05) is 63.9 Å². The summed E-state index contributed by atoms with van der Waals surface area (Å²) in [5.74, 6) is 1.86. The largest absolute Gasteiger partial charge is 0.342 e. The van der Waals surface area contributed by atoms with Gasteiger partial charge in [0.2, 0.25) is 11.8 Å². The average Bonchev–Trinajstić information content (AvgIpc) is 3.07. The van der Waals surface area contributed by atoms with Gasteiger partial charge in [-0.1, -0.05) is 19.8 Å². The third-order valence-electron chi connectivity index (χ3n) is 5.91. The van der Waals surface area contributed by atoms with Crippen LogP contribution in [0.5, 0.6) is 0 Å². The minimum absolute atomic E-state index is 0.184. The molecule has 0 spiro atoms. The molecule has 3 heterocycles. The van der Waals surface area contributed by atoms with Crippen molar-refractivity contribution in [2.24, 2.45) is 0 Å². The number of rotatable bonds is 7. The van der Waals surface area contributed by atoms with E-state index in [1.54, 1.807) is 0 Å². The van der Waals surface area contributed by atoms with Gasteiger partial charge < -0.3 is 14.4 Å². The lowest BCUT2D eigenvalue weighted by Gasteiger charge is -2.33. The maximum atomic E-state index is 12.8. The molecular formula is C21H34N4O2. The van der Waals surface area contributed by atoms with Gasteiger partial charge in [0.1, 0.15) is 5.82 Å². The predicted octanol–water partition coefficient (Wildman–Crippen LogP) is 3.18. The Morgan fingerprint density at radius 2 is 2.07 bits per heavy atom. The van der Waals surface area contributed by atoms with Crippen LogP contribution in [0.2, 0.25) is 0 Å². The zero-order valence-corrected chi connectivity index (χ0v) is 16.7. The van der Waals surface area contributed by atoms with E-state index in [0.717, 1.165) is 70.5 Å². The molecule has 6 heteroatoms. The Morgan fingerprint density at radius 1 is 1.19 bits per heavy atom. The molecule has 3 rings (SSSR count). The molecule has 0 unspecified atom stereocenters. The standard InChI is InChI=1S/C21H34N4O2/c1-2-3-12-24-16-11-22-21(24)18-8-7-14-25(17-18)20(27)10-15-23-13-6-4-5-9-19(23)26/h11,16,18H,2-10,12-15,17H2,1H3/t18-/m0/s1. The summed E-state index contributed by atoms with van der Waals surface area (Å²) in [5, 5.41) is 0. The highest BCUT2D eigenvalue weighted by atomic mass is 16.2. The Labute approximate surface area is 162 Å². The monoisotopic (exact) mass is 374 g/mol. The van der Waals surface area contributed by atoms with Crippen LogP contribution < -0.4 is 0 Å². The Kier molecular flexibility index (Phi) is 7.30. The summed E-state index contributed by atoms with van der Waals surface area (Å²) in [4.78, 5) is 33.4. The summed E-state index contributed by atoms with van der Waals surface area (Å²) in [7, 11) is 0. The number of amides is 2. The van der Waals surface area contributed by atoms with Crippen LogP contribution in [-0.2, 0) is 16.1 Å². The molecule has 0 aromatic carbocycles. The zero-order chi connectivity index (χ0) is 19.1. The molecular weight excluding hydrogens is 340 g/mol. The highest BCUT2D eigenvalue weighted by molar-refractivity contribution is 5.79. The number of nitrogens with zero attached hydrogens (tertiary/aromatic N) is 4. The number of piperidine rings is 1. The maximum absolute atomic E-state index is 12.8. The fourth-order valence-electron chi connectivity index (χ4n) is 4.28.